The lowest BCUT2D eigenvalue weighted by molar-refractivity contribution is 0.0954. The zero-order valence-electron chi connectivity index (χ0n) is 14.6. The van der Waals surface area contributed by atoms with E-state index in [9.17, 15) is 9.59 Å². The Morgan fingerprint density at radius 2 is 1.63 bits per heavy atom. The van der Waals surface area contributed by atoms with Crippen molar-refractivity contribution in [2.75, 3.05) is 5.32 Å². The van der Waals surface area contributed by atoms with E-state index >= 15 is 0 Å². The van der Waals surface area contributed by atoms with Crippen molar-refractivity contribution in [2.24, 2.45) is 5.10 Å². The van der Waals surface area contributed by atoms with Crippen molar-refractivity contribution in [1.29, 1.82) is 0 Å². The molecule has 1 aromatic carbocycles. The topological polar surface area (TPSA) is 96.3 Å². The molecule has 0 spiro atoms. The maximum atomic E-state index is 12.2. The summed E-state index contributed by atoms with van der Waals surface area (Å²) in [6, 6.07) is 13.8. The first-order chi connectivity index (χ1) is 13.1. The number of rotatable bonds is 5. The minimum absolute atomic E-state index is 0.249. The fourth-order valence-corrected chi connectivity index (χ4v) is 2.29. The molecule has 0 aliphatic rings. The van der Waals surface area contributed by atoms with Crippen molar-refractivity contribution in [3.63, 3.8) is 0 Å². The lowest BCUT2D eigenvalue weighted by Crippen LogP contribution is -2.19. The number of amides is 2. The highest BCUT2D eigenvalue weighted by Crippen LogP contribution is 2.13. The van der Waals surface area contributed by atoms with E-state index in [2.05, 4.69) is 25.8 Å². The van der Waals surface area contributed by atoms with E-state index in [1.165, 1.54) is 6.20 Å². The molecule has 7 nitrogen and oxygen atoms in total. The summed E-state index contributed by atoms with van der Waals surface area (Å²) in [5.74, 6) is -0.571. The number of carbonyl (C=O) groups excluding carboxylic acids is 2. The molecule has 0 saturated carbocycles. The zero-order valence-corrected chi connectivity index (χ0v) is 14.6. The predicted molar refractivity (Wildman–Crippen MR) is 103 cm³/mol. The van der Waals surface area contributed by atoms with Crippen molar-refractivity contribution in [3.8, 4) is 0 Å². The van der Waals surface area contributed by atoms with Crippen LogP contribution in [-0.2, 0) is 0 Å². The number of hydrogen-bond donors (Lipinski definition) is 2. The lowest BCUT2D eigenvalue weighted by Gasteiger charge is -2.08. The summed E-state index contributed by atoms with van der Waals surface area (Å²) in [5.41, 5.74) is 5.45. The first kappa shape index (κ1) is 17.9. The minimum atomic E-state index is -0.321. The number of pyridine rings is 2. The van der Waals surface area contributed by atoms with Crippen LogP contribution in [0.4, 0.5) is 5.69 Å². The summed E-state index contributed by atoms with van der Waals surface area (Å²) < 4.78 is 0. The van der Waals surface area contributed by atoms with E-state index in [0.29, 0.717) is 22.5 Å². The van der Waals surface area contributed by atoms with Crippen LogP contribution in [0.2, 0.25) is 0 Å². The molecule has 2 amide bonds. The molecule has 7 heteroatoms. The van der Waals surface area contributed by atoms with Crippen LogP contribution < -0.4 is 10.7 Å². The first-order valence-electron chi connectivity index (χ1n) is 8.20. The maximum Gasteiger partial charge on any atom is 0.271 e. The standard InChI is InChI=1S/C20H17N5O2/c1-14(24-25-20(27)15-7-10-21-11-8-15)16-4-2-6-18(12-16)23-19(26)17-5-3-9-22-13-17/h2-13H,1H3,(H,23,26)(H,25,27). The van der Waals surface area contributed by atoms with Crippen molar-refractivity contribution >= 4 is 23.2 Å². The van der Waals surface area contributed by atoms with Crippen molar-refractivity contribution in [2.45, 2.75) is 6.92 Å². The number of hydrazone groups is 1. The summed E-state index contributed by atoms with van der Waals surface area (Å²) in [6.45, 7) is 1.77. The molecule has 0 atom stereocenters. The molecule has 0 radical (unpaired) electrons. The number of carbonyl (C=O) groups is 2. The Labute approximate surface area is 156 Å². The molecule has 2 N–H and O–H groups in total. The first-order valence-corrected chi connectivity index (χ1v) is 8.20. The van der Waals surface area contributed by atoms with Crippen LogP contribution in [0.1, 0.15) is 33.2 Å². The third kappa shape index (κ3) is 4.82. The van der Waals surface area contributed by atoms with Gasteiger partial charge in [-0.1, -0.05) is 12.1 Å². The molecule has 134 valence electrons. The van der Waals surface area contributed by atoms with Crippen molar-refractivity contribution < 1.29 is 9.59 Å². The second-order valence-corrected chi connectivity index (χ2v) is 5.65. The van der Waals surface area contributed by atoms with E-state index in [-0.39, 0.29) is 11.8 Å². The minimum Gasteiger partial charge on any atom is -0.322 e. The normalized spacial score (nSPS) is 10.9. The third-order valence-corrected chi connectivity index (χ3v) is 3.73. The second kappa shape index (κ2) is 8.48. The van der Waals surface area contributed by atoms with Gasteiger partial charge in [-0.3, -0.25) is 19.6 Å². The van der Waals surface area contributed by atoms with Crippen LogP contribution in [0, 0.1) is 0 Å². The Morgan fingerprint density at radius 1 is 0.852 bits per heavy atom. The van der Waals surface area contributed by atoms with Crippen LogP contribution in [0.15, 0.2) is 78.4 Å². The summed E-state index contributed by atoms with van der Waals surface area (Å²) in [7, 11) is 0. The van der Waals surface area contributed by atoms with Gasteiger partial charge in [0.25, 0.3) is 11.8 Å². The van der Waals surface area contributed by atoms with Crippen LogP contribution in [0.25, 0.3) is 0 Å². The highest BCUT2D eigenvalue weighted by Gasteiger charge is 2.08. The number of nitrogens with one attached hydrogen (secondary N) is 2. The van der Waals surface area contributed by atoms with Crippen molar-refractivity contribution in [1.82, 2.24) is 15.4 Å². The van der Waals surface area contributed by atoms with Gasteiger partial charge in [0, 0.05) is 36.0 Å². The third-order valence-electron chi connectivity index (χ3n) is 3.73. The SMILES string of the molecule is CC(=NNC(=O)c1ccncc1)c1cccc(NC(=O)c2cccnc2)c1. The largest absolute Gasteiger partial charge is 0.322 e. The highest BCUT2D eigenvalue weighted by atomic mass is 16.2. The van der Waals surface area contributed by atoms with Crippen LogP contribution in [0.5, 0.6) is 0 Å². The Bertz CT molecular complexity index is 972. The van der Waals surface area contributed by atoms with Crippen LogP contribution in [0.3, 0.4) is 0 Å². The zero-order chi connectivity index (χ0) is 19.1. The number of benzene rings is 1. The summed E-state index contributed by atoms with van der Waals surface area (Å²) in [6.07, 6.45) is 6.19. The van der Waals surface area contributed by atoms with Gasteiger partial charge in [-0.15, -0.1) is 0 Å². The fourth-order valence-electron chi connectivity index (χ4n) is 2.29. The summed E-state index contributed by atoms with van der Waals surface area (Å²) >= 11 is 0. The van der Waals surface area contributed by atoms with Gasteiger partial charge in [0.05, 0.1) is 11.3 Å². The number of aromatic nitrogens is 2. The van der Waals surface area contributed by atoms with Crippen LogP contribution in [-0.4, -0.2) is 27.5 Å². The number of nitrogens with zero attached hydrogens (tertiary/aromatic N) is 3. The van der Waals surface area contributed by atoms with E-state index in [1.54, 1.807) is 68.0 Å². The Balaban J connectivity index is 1.69. The van der Waals surface area contributed by atoms with Gasteiger partial charge in [0.15, 0.2) is 0 Å². The Morgan fingerprint density at radius 3 is 2.37 bits per heavy atom. The molecule has 2 heterocycles. The molecule has 0 saturated heterocycles. The molecule has 0 fully saturated rings. The van der Waals surface area contributed by atoms with Gasteiger partial charge in [0.1, 0.15) is 0 Å². The predicted octanol–water partition coefficient (Wildman–Crippen LogP) is 2.88. The highest BCUT2D eigenvalue weighted by molar-refractivity contribution is 6.05. The second-order valence-electron chi connectivity index (χ2n) is 5.65. The molecular formula is C20H17N5O2. The van der Waals surface area contributed by atoms with E-state index < -0.39 is 0 Å². The fraction of sp³-hybridized carbons (Fsp3) is 0.0500. The molecular weight excluding hydrogens is 342 g/mol. The monoisotopic (exact) mass is 359 g/mol. The Hall–Kier alpha value is -3.87. The molecule has 3 aromatic rings. The van der Waals surface area contributed by atoms with E-state index in [4.69, 9.17) is 0 Å². The average molecular weight is 359 g/mol. The van der Waals surface area contributed by atoms with Gasteiger partial charge in [-0.2, -0.15) is 5.10 Å². The molecule has 27 heavy (non-hydrogen) atoms. The maximum absolute atomic E-state index is 12.2. The quantitative estimate of drug-likeness (QED) is 0.541. The molecule has 3 rings (SSSR count). The molecule has 0 aliphatic heterocycles. The van der Waals surface area contributed by atoms with E-state index in [0.717, 1.165) is 5.56 Å². The average Bonchev–Trinajstić information content (AvgIpc) is 2.73. The molecule has 2 aromatic heterocycles. The smallest absolute Gasteiger partial charge is 0.271 e. The number of hydrogen-bond acceptors (Lipinski definition) is 5. The van der Waals surface area contributed by atoms with Gasteiger partial charge < -0.3 is 5.32 Å². The molecule has 0 bridgehead atoms. The Kier molecular flexibility index (Phi) is 5.64. The molecule has 0 aliphatic carbocycles. The lowest BCUT2D eigenvalue weighted by atomic mass is 10.1. The van der Waals surface area contributed by atoms with Crippen molar-refractivity contribution in [3.05, 3.63) is 90.0 Å². The van der Waals surface area contributed by atoms with Gasteiger partial charge in [-0.25, -0.2) is 5.43 Å². The van der Waals surface area contributed by atoms with Gasteiger partial charge in [0.2, 0.25) is 0 Å². The number of anilines is 1. The van der Waals surface area contributed by atoms with Crippen LogP contribution >= 0.6 is 0 Å². The van der Waals surface area contributed by atoms with Gasteiger partial charge >= 0.3 is 0 Å². The summed E-state index contributed by atoms with van der Waals surface area (Å²) in [4.78, 5) is 32.1. The van der Waals surface area contributed by atoms with E-state index in [1.807, 2.05) is 6.07 Å². The molecule has 0 unspecified atom stereocenters. The van der Waals surface area contributed by atoms with Gasteiger partial charge in [-0.05, 0) is 48.9 Å². The summed E-state index contributed by atoms with van der Waals surface area (Å²) in [5, 5.41) is 6.94.